The molecule has 0 aliphatic rings. The molecule has 5 nitrogen and oxygen atoms in total. The Morgan fingerprint density at radius 3 is 2.33 bits per heavy atom. The molecule has 0 heterocycles. The normalized spacial score (nSPS) is 12.5. The summed E-state index contributed by atoms with van der Waals surface area (Å²) in [6.45, 7) is 5.89. The molecule has 1 unspecified atom stereocenters. The van der Waals surface area contributed by atoms with E-state index in [0.717, 1.165) is 6.08 Å². The van der Waals surface area contributed by atoms with Gasteiger partial charge in [-0.3, -0.25) is 11.5 Å². The second-order valence-corrected chi connectivity index (χ2v) is 3.14. The molecule has 0 radical (unpaired) electrons. The molecule has 0 aliphatic heterocycles. The molecule has 0 fully saturated rings. The van der Waals surface area contributed by atoms with E-state index in [2.05, 4.69) is 18.2 Å². The number of rotatable bonds is 3. The first-order valence-electron chi connectivity index (χ1n) is 2.50. The van der Waals surface area contributed by atoms with Crippen LogP contribution in [0.4, 0.5) is 0 Å². The number of carbonyl (C=O) groups excluding carboxylic acids is 1. The van der Waals surface area contributed by atoms with E-state index < -0.39 is 21.5 Å². The maximum atomic E-state index is 10.3. The summed E-state index contributed by atoms with van der Waals surface area (Å²) >= 11 is 0. The molecule has 1 atom stereocenters. The molecular weight excluding hydrogens is 195 g/mol. The van der Waals surface area contributed by atoms with Crippen LogP contribution in [-0.4, -0.2) is 24.4 Å². The summed E-state index contributed by atoms with van der Waals surface area (Å²) in [4.78, 5) is 10.3. The third-order valence-electron chi connectivity index (χ3n) is 0.746. The van der Waals surface area contributed by atoms with E-state index in [1.165, 1.54) is 0 Å². The van der Waals surface area contributed by atoms with Gasteiger partial charge in [0.1, 0.15) is 5.44 Å². The molecule has 0 spiro atoms. The van der Waals surface area contributed by atoms with Gasteiger partial charge in [-0.1, -0.05) is 6.58 Å². The number of esters is 1. The number of hydrogen-bond donors (Lipinski definition) is 1. The number of ether oxygens (including phenoxy) is 1. The van der Waals surface area contributed by atoms with E-state index in [1.54, 1.807) is 0 Å². The molecule has 0 aromatic carbocycles. The summed E-state index contributed by atoms with van der Waals surface area (Å²) < 4.78 is 32.6. The quantitative estimate of drug-likeness (QED) is 0.171. The van der Waals surface area contributed by atoms with Gasteiger partial charge in [0.15, 0.2) is 0 Å². The Morgan fingerprint density at radius 1 is 1.67 bits per heavy atom. The van der Waals surface area contributed by atoms with Crippen LogP contribution in [0.1, 0.15) is 0 Å². The zero-order chi connectivity index (χ0) is 9.07. The standard InChI is InChI=1S/C5H7O5S.Na/c1-3-5(6)10-4(2)11(7,8)9;/h3-4H,1-2H2,(H,7,8,9);/q-1;+1. The molecule has 0 saturated carbocycles. The Labute approximate surface area is 92.8 Å². The average molecular weight is 202 g/mol. The first kappa shape index (κ1) is 14.6. The van der Waals surface area contributed by atoms with Crippen molar-refractivity contribution >= 4 is 16.1 Å². The van der Waals surface area contributed by atoms with Crippen LogP contribution in [0.15, 0.2) is 12.7 Å². The van der Waals surface area contributed by atoms with Crippen molar-refractivity contribution in [3.8, 4) is 0 Å². The van der Waals surface area contributed by atoms with Gasteiger partial charge in [-0.25, -0.2) is 4.79 Å². The fourth-order valence-electron chi connectivity index (χ4n) is 0.238. The van der Waals surface area contributed by atoms with Crippen molar-refractivity contribution in [1.82, 2.24) is 0 Å². The Hall–Kier alpha value is 0.120. The van der Waals surface area contributed by atoms with Crippen molar-refractivity contribution in [2.24, 2.45) is 0 Å². The topological polar surface area (TPSA) is 80.7 Å². The van der Waals surface area contributed by atoms with Gasteiger partial charge in [0, 0.05) is 6.08 Å². The first-order chi connectivity index (χ1) is 4.88. The van der Waals surface area contributed by atoms with Gasteiger partial charge >= 0.3 is 35.5 Å². The summed E-state index contributed by atoms with van der Waals surface area (Å²) in [5.74, 6) is -0.956. The molecule has 0 saturated heterocycles. The van der Waals surface area contributed by atoms with Crippen molar-refractivity contribution < 1.29 is 52.1 Å². The van der Waals surface area contributed by atoms with Gasteiger partial charge in [-0.2, -0.15) is 8.42 Å². The molecule has 64 valence electrons. The molecular formula is C5H7NaO5S. The minimum atomic E-state index is -4.41. The number of hydrogen-bond acceptors (Lipinski definition) is 4. The van der Waals surface area contributed by atoms with E-state index in [9.17, 15) is 13.2 Å². The first-order valence-corrected chi connectivity index (χ1v) is 4.00. The van der Waals surface area contributed by atoms with Crippen LogP contribution >= 0.6 is 0 Å². The summed E-state index contributed by atoms with van der Waals surface area (Å²) in [5, 5.41) is 0. The summed E-state index contributed by atoms with van der Waals surface area (Å²) in [6.07, 6.45) is 0.767. The predicted molar refractivity (Wildman–Crippen MR) is 37.0 cm³/mol. The Kier molecular flexibility index (Phi) is 6.97. The molecule has 0 amide bonds. The predicted octanol–water partition coefficient (Wildman–Crippen LogP) is -3.23. The monoisotopic (exact) mass is 202 g/mol. The van der Waals surface area contributed by atoms with Crippen LogP contribution < -0.4 is 29.6 Å². The molecule has 12 heavy (non-hydrogen) atoms. The van der Waals surface area contributed by atoms with Crippen molar-refractivity contribution in [3.63, 3.8) is 0 Å². The van der Waals surface area contributed by atoms with E-state index in [4.69, 9.17) is 4.55 Å². The third-order valence-corrected chi connectivity index (χ3v) is 1.51. The molecule has 1 N–H and O–H groups in total. The summed E-state index contributed by atoms with van der Waals surface area (Å²) in [6, 6.07) is 0. The van der Waals surface area contributed by atoms with Gasteiger partial charge in [-0.15, -0.1) is 0 Å². The van der Waals surface area contributed by atoms with E-state index in [-0.39, 0.29) is 29.6 Å². The average Bonchev–Trinajstić information content (AvgIpc) is 1.85. The zero-order valence-corrected chi connectivity index (χ0v) is 9.37. The van der Waals surface area contributed by atoms with Gasteiger partial charge in [0.25, 0.3) is 10.1 Å². The molecule has 7 heteroatoms. The maximum Gasteiger partial charge on any atom is 1.00 e. The van der Waals surface area contributed by atoms with Crippen LogP contribution in [0.2, 0.25) is 0 Å². The number of carbonyl (C=O) groups is 1. The molecule has 0 aromatic heterocycles. The van der Waals surface area contributed by atoms with Crippen LogP contribution in [0.5, 0.6) is 0 Å². The van der Waals surface area contributed by atoms with Gasteiger partial charge in [0.05, 0.1) is 0 Å². The maximum absolute atomic E-state index is 10.3. The van der Waals surface area contributed by atoms with Crippen LogP contribution in [-0.2, 0) is 19.6 Å². The summed E-state index contributed by atoms with van der Waals surface area (Å²) in [7, 11) is -4.41. The van der Waals surface area contributed by atoms with Crippen LogP contribution in [0.25, 0.3) is 0 Å². The third kappa shape index (κ3) is 5.73. The Morgan fingerprint density at radius 2 is 2.08 bits per heavy atom. The Balaban J connectivity index is 0. The van der Waals surface area contributed by atoms with Crippen molar-refractivity contribution in [2.75, 3.05) is 0 Å². The largest absolute Gasteiger partial charge is 1.00 e. The zero-order valence-electron chi connectivity index (χ0n) is 6.56. The van der Waals surface area contributed by atoms with E-state index >= 15 is 0 Å². The fourth-order valence-corrected chi connectivity index (χ4v) is 0.455. The van der Waals surface area contributed by atoms with E-state index in [0.29, 0.717) is 0 Å². The van der Waals surface area contributed by atoms with Crippen LogP contribution in [0, 0.1) is 6.92 Å². The van der Waals surface area contributed by atoms with Gasteiger partial charge < -0.3 is 4.74 Å². The molecule has 0 bridgehead atoms. The fraction of sp³-hybridized carbons (Fsp3) is 0.200. The van der Waals surface area contributed by atoms with Crippen molar-refractivity contribution in [3.05, 3.63) is 19.6 Å². The van der Waals surface area contributed by atoms with E-state index in [1.807, 2.05) is 0 Å². The molecule has 0 aromatic rings. The second-order valence-electron chi connectivity index (χ2n) is 1.59. The van der Waals surface area contributed by atoms with Crippen LogP contribution in [0.3, 0.4) is 0 Å². The minimum Gasteiger partial charge on any atom is -0.474 e. The van der Waals surface area contributed by atoms with Crippen molar-refractivity contribution in [2.45, 2.75) is 5.44 Å². The molecule has 0 aliphatic carbocycles. The molecule has 0 rings (SSSR count). The van der Waals surface area contributed by atoms with Gasteiger partial charge in [0.2, 0.25) is 0 Å². The van der Waals surface area contributed by atoms with Gasteiger partial charge in [-0.05, 0) is 0 Å². The SMILES string of the molecule is C=CC(=O)OC([CH2-])S(=O)(=O)O.[Na+]. The smallest absolute Gasteiger partial charge is 0.474 e. The van der Waals surface area contributed by atoms with Crippen molar-refractivity contribution in [1.29, 1.82) is 0 Å². The Bertz CT molecular complexity index is 257. The second kappa shape index (κ2) is 5.71. The minimum absolute atomic E-state index is 0. The summed E-state index contributed by atoms with van der Waals surface area (Å²) in [5.41, 5.74) is -1.80.